The predicted octanol–water partition coefficient (Wildman–Crippen LogP) is 4.22. The van der Waals surface area contributed by atoms with Crippen molar-refractivity contribution < 1.29 is 14.2 Å². The highest BCUT2D eigenvalue weighted by atomic mass is 79.9. The van der Waals surface area contributed by atoms with Crippen molar-refractivity contribution in [2.45, 2.75) is 19.6 Å². The van der Waals surface area contributed by atoms with Crippen LogP contribution < -0.4 is 4.74 Å². The van der Waals surface area contributed by atoms with E-state index in [1.807, 2.05) is 6.07 Å². The van der Waals surface area contributed by atoms with Crippen LogP contribution in [0.25, 0.3) is 0 Å². The highest BCUT2D eigenvalue weighted by Gasteiger charge is 2.11. The van der Waals surface area contributed by atoms with Gasteiger partial charge >= 0.3 is 0 Å². The van der Waals surface area contributed by atoms with Gasteiger partial charge in [0.1, 0.15) is 18.2 Å². The van der Waals surface area contributed by atoms with Crippen molar-refractivity contribution in [1.29, 1.82) is 0 Å². The monoisotopic (exact) mass is 324 g/mol. The summed E-state index contributed by atoms with van der Waals surface area (Å²) in [5.74, 6) is 0.264. The van der Waals surface area contributed by atoms with Crippen molar-refractivity contribution in [2.24, 2.45) is 0 Å². The Labute approximate surface area is 120 Å². The molecule has 2 aromatic carbocycles. The number of hydrogen-bond donors (Lipinski definition) is 1. The van der Waals surface area contributed by atoms with Gasteiger partial charge in [-0.25, -0.2) is 4.39 Å². The summed E-state index contributed by atoms with van der Waals surface area (Å²) >= 11 is 3.35. The summed E-state index contributed by atoms with van der Waals surface area (Å²) in [6.07, 6.45) is -0.645. The van der Waals surface area contributed by atoms with E-state index in [4.69, 9.17) is 4.74 Å². The third kappa shape index (κ3) is 3.55. The standard InChI is InChI=1S/C15H14BrFO2/c1-10(18)13-8-12(16)6-7-15(13)19-9-11-4-2-3-5-14(11)17/h2-8,10,18H,9H2,1H3/t10-/m0/s1. The van der Waals surface area contributed by atoms with Crippen LogP contribution in [0.5, 0.6) is 5.75 Å². The SMILES string of the molecule is C[C@H](O)c1cc(Br)ccc1OCc1ccccc1F. The third-order valence-corrected chi connectivity index (χ3v) is 3.26. The van der Waals surface area contributed by atoms with Crippen molar-refractivity contribution in [2.75, 3.05) is 0 Å². The summed E-state index contributed by atoms with van der Waals surface area (Å²) in [4.78, 5) is 0. The van der Waals surface area contributed by atoms with E-state index in [9.17, 15) is 9.50 Å². The summed E-state index contributed by atoms with van der Waals surface area (Å²) in [7, 11) is 0. The van der Waals surface area contributed by atoms with Gasteiger partial charge in [-0.3, -0.25) is 0 Å². The fourth-order valence-electron chi connectivity index (χ4n) is 1.75. The zero-order valence-electron chi connectivity index (χ0n) is 10.4. The Kier molecular flexibility index (Phi) is 4.56. The molecule has 0 radical (unpaired) electrons. The van der Waals surface area contributed by atoms with Crippen molar-refractivity contribution in [3.05, 3.63) is 63.9 Å². The van der Waals surface area contributed by atoms with Crippen LogP contribution in [0, 0.1) is 5.82 Å². The van der Waals surface area contributed by atoms with Gasteiger partial charge in [-0.05, 0) is 31.2 Å². The average molecular weight is 325 g/mol. The van der Waals surface area contributed by atoms with E-state index in [0.717, 1.165) is 4.47 Å². The maximum absolute atomic E-state index is 13.5. The van der Waals surface area contributed by atoms with Crippen LogP contribution in [0.4, 0.5) is 4.39 Å². The molecule has 100 valence electrons. The van der Waals surface area contributed by atoms with E-state index in [1.165, 1.54) is 6.07 Å². The highest BCUT2D eigenvalue weighted by molar-refractivity contribution is 9.10. The molecule has 0 bridgehead atoms. The molecule has 0 aliphatic heterocycles. The second kappa shape index (κ2) is 6.17. The Hall–Kier alpha value is -1.39. The number of hydrogen-bond acceptors (Lipinski definition) is 2. The predicted molar refractivity (Wildman–Crippen MR) is 75.5 cm³/mol. The number of aliphatic hydroxyl groups is 1. The molecule has 2 rings (SSSR count). The van der Waals surface area contributed by atoms with Gasteiger partial charge in [0, 0.05) is 15.6 Å². The summed E-state index contributed by atoms with van der Waals surface area (Å²) in [5, 5.41) is 9.71. The highest BCUT2D eigenvalue weighted by Crippen LogP contribution is 2.29. The molecule has 19 heavy (non-hydrogen) atoms. The molecule has 2 nitrogen and oxygen atoms in total. The van der Waals surface area contributed by atoms with E-state index >= 15 is 0 Å². The molecule has 1 atom stereocenters. The first-order chi connectivity index (χ1) is 9.08. The molecule has 2 aromatic rings. The molecule has 0 spiro atoms. The summed E-state index contributed by atoms with van der Waals surface area (Å²) in [6, 6.07) is 11.8. The molecule has 0 aliphatic carbocycles. The summed E-state index contributed by atoms with van der Waals surface area (Å²) in [5.41, 5.74) is 1.16. The van der Waals surface area contributed by atoms with Crippen molar-refractivity contribution >= 4 is 15.9 Å². The molecule has 0 saturated carbocycles. The van der Waals surface area contributed by atoms with Gasteiger partial charge in [-0.1, -0.05) is 34.1 Å². The van der Waals surface area contributed by atoms with Gasteiger partial charge in [-0.2, -0.15) is 0 Å². The lowest BCUT2D eigenvalue weighted by Gasteiger charge is -2.14. The average Bonchev–Trinajstić information content (AvgIpc) is 2.38. The molecule has 0 heterocycles. The minimum atomic E-state index is -0.645. The molecule has 0 saturated heterocycles. The second-order valence-corrected chi connectivity index (χ2v) is 5.15. The van der Waals surface area contributed by atoms with E-state index in [0.29, 0.717) is 16.9 Å². The largest absolute Gasteiger partial charge is 0.488 e. The van der Waals surface area contributed by atoms with Crippen molar-refractivity contribution in [3.63, 3.8) is 0 Å². The van der Waals surface area contributed by atoms with Crippen LogP contribution >= 0.6 is 15.9 Å². The number of aliphatic hydroxyl groups excluding tert-OH is 1. The van der Waals surface area contributed by atoms with Crippen LogP contribution in [-0.4, -0.2) is 5.11 Å². The molecular formula is C15H14BrFO2. The Morgan fingerprint density at radius 1 is 1.26 bits per heavy atom. The van der Waals surface area contributed by atoms with Gasteiger partial charge in [-0.15, -0.1) is 0 Å². The van der Waals surface area contributed by atoms with Gasteiger partial charge in [0.2, 0.25) is 0 Å². The molecule has 0 unspecified atom stereocenters. The molecule has 0 aliphatic rings. The minimum absolute atomic E-state index is 0.133. The lowest BCUT2D eigenvalue weighted by atomic mass is 10.1. The lowest BCUT2D eigenvalue weighted by molar-refractivity contribution is 0.189. The summed E-state index contributed by atoms with van der Waals surface area (Å²) < 4.78 is 19.9. The molecular weight excluding hydrogens is 311 g/mol. The second-order valence-electron chi connectivity index (χ2n) is 4.24. The first-order valence-electron chi connectivity index (χ1n) is 5.91. The smallest absolute Gasteiger partial charge is 0.129 e. The van der Waals surface area contributed by atoms with Gasteiger partial charge < -0.3 is 9.84 Å². The first-order valence-corrected chi connectivity index (χ1v) is 6.71. The Balaban J connectivity index is 2.18. The summed E-state index contributed by atoms with van der Waals surface area (Å²) in [6.45, 7) is 1.80. The number of benzene rings is 2. The van der Waals surface area contributed by atoms with Gasteiger partial charge in [0.05, 0.1) is 6.10 Å². The van der Waals surface area contributed by atoms with E-state index < -0.39 is 6.10 Å². The Bertz CT molecular complexity index is 570. The number of halogens is 2. The van der Waals surface area contributed by atoms with Crippen LogP contribution in [0.1, 0.15) is 24.2 Å². The maximum atomic E-state index is 13.5. The van der Waals surface area contributed by atoms with E-state index in [-0.39, 0.29) is 12.4 Å². The molecule has 0 aromatic heterocycles. The van der Waals surface area contributed by atoms with Crippen LogP contribution in [-0.2, 0) is 6.61 Å². The van der Waals surface area contributed by atoms with Gasteiger partial charge in [0.25, 0.3) is 0 Å². The van der Waals surface area contributed by atoms with E-state index in [2.05, 4.69) is 15.9 Å². The molecule has 0 amide bonds. The third-order valence-electron chi connectivity index (χ3n) is 2.76. The quantitative estimate of drug-likeness (QED) is 0.912. The van der Waals surface area contributed by atoms with Crippen LogP contribution in [0.3, 0.4) is 0 Å². The minimum Gasteiger partial charge on any atom is -0.488 e. The fourth-order valence-corrected chi connectivity index (χ4v) is 2.13. The maximum Gasteiger partial charge on any atom is 0.129 e. The Morgan fingerprint density at radius 2 is 2.00 bits per heavy atom. The topological polar surface area (TPSA) is 29.5 Å². The van der Waals surface area contributed by atoms with Gasteiger partial charge in [0.15, 0.2) is 0 Å². The van der Waals surface area contributed by atoms with Crippen molar-refractivity contribution in [1.82, 2.24) is 0 Å². The van der Waals surface area contributed by atoms with Crippen LogP contribution in [0.2, 0.25) is 0 Å². The van der Waals surface area contributed by atoms with Crippen molar-refractivity contribution in [3.8, 4) is 5.75 Å². The first kappa shape index (κ1) is 14.0. The zero-order chi connectivity index (χ0) is 13.8. The van der Waals surface area contributed by atoms with Crippen LogP contribution in [0.15, 0.2) is 46.9 Å². The fraction of sp³-hybridized carbons (Fsp3) is 0.200. The molecule has 4 heteroatoms. The number of ether oxygens (including phenoxy) is 1. The zero-order valence-corrected chi connectivity index (χ0v) is 12.0. The van der Waals surface area contributed by atoms with E-state index in [1.54, 1.807) is 37.3 Å². The molecule has 1 N–H and O–H groups in total. The molecule has 0 fully saturated rings. The number of rotatable bonds is 4. The normalized spacial score (nSPS) is 12.2. The lowest BCUT2D eigenvalue weighted by Crippen LogP contribution is -2.02. The Morgan fingerprint density at radius 3 is 2.68 bits per heavy atom.